The second kappa shape index (κ2) is 5.18. The predicted molar refractivity (Wildman–Crippen MR) is 67.8 cm³/mol. The van der Waals surface area contributed by atoms with Crippen molar-refractivity contribution in [1.29, 1.82) is 0 Å². The normalized spacial score (nSPS) is 12.2. The van der Waals surface area contributed by atoms with E-state index in [0.29, 0.717) is 11.1 Å². The van der Waals surface area contributed by atoms with E-state index in [9.17, 15) is 13.6 Å². The summed E-state index contributed by atoms with van der Waals surface area (Å²) in [6.07, 6.45) is 0. The highest BCUT2D eigenvalue weighted by molar-refractivity contribution is 5.76. The second-order valence-electron chi connectivity index (χ2n) is 4.31. The van der Waals surface area contributed by atoms with Crippen LogP contribution >= 0.6 is 0 Å². The highest BCUT2D eigenvalue weighted by atomic mass is 19.1. The van der Waals surface area contributed by atoms with Gasteiger partial charge in [-0.3, -0.25) is 4.79 Å². The molecular weight excluding hydrogens is 250 g/mol. The van der Waals surface area contributed by atoms with Crippen molar-refractivity contribution in [3.8, 4) is 11.1 Å². The lowest BCUT2D eigenvalue weighted by Gasteiger charge is -2.09. The SMILES string of the molecule is CC(C(=O)O)c1cccc(-c2ccc(F)cc2F)c1. The van der Waals surface area contributed by atoms with Gasteiger partial charge in [0.15, 0.2) is 0 Å². The maximum absolute atomic E-state index is 13.7. The molecule has 1 unspecified atom stereocenters. The van der Waals surface area contributed by atoms with Gasteiger partial charge >= 0.3 is 5.97 Å². The van der Waals surface area contributed by atoms with Crippen molar-refractivity contribution in [1.82, 2.24) is 0 Å². The number of rotatable bonds is 3. The largest absolute Gasteiger partial charge is 0.481 e. The molecule has 0 aliphatic heterocycles. The lowest BCUT2D eigenvalue weighted by molar-refractivity contribution is -0.138. The molecule has 0 amide bonds. The molecule has 1 atom stereocenters. The van der Waals surface area contributed by atoms with Crippen LogP contribution in [0.5, 0.6) is 0 Å². The summed E-state index contributed by atoms with van der Waals surface area (Å²) in [6.45, 7) is 1.56. The molecule has 0 aliphatic carbocycles. The highest BCUT2D eigenvalue weighted by Gasteiger charge is 2.15. The molecule has 2 aromatic carbocycles. The molecule has 2 rings (SSSR count). The number of benzene rings is 2. The standard InChI is InChI=1S/C15H12F2O2/c1-9(15(18)19)10-3-2-4-11(7-10)13-6-5-12(16)8-14(13)17/h2-9H,1H3,(H,18,19). The molecule has 0 spiro atoms. The lowest BCUT2D eigenvalue weighted by Crippen LogP contribution is -2.07. The zero-order valence-electron chi connectivity index (χ0n) is 10.2. The van der Waals surface area contributed by atoms with Gasteiger partial charge < -0.3 is 5.11 Å². The third-order valence-electron chi connectivity index (χ3n) is 3.00. The first-order valence-electron chi connectivity index (χ1n) is 5.77. The van der Waals surface area contributed by atoms with Crippen molar-refractivity contribution in [2.45, 2.75) is 12.8 Å². The molecule has 0 radical (unpaired) electrons. The van der Waals surface area contributed by atoms with Gasteiger partial charge in [-0.2, -0.15) is 0 Å². The van der Waals surface area contributed by atoms with Gasteiger partial charge in [-0.05, 0) is 30.2 Å². The van der Waals surface area contributed by atoms with Crippen LogP contribution in [-0.4, -0.2) is 11.1 Å². The van der Waals surface area contributed by atoms with E-state index < -0.39 is 23.5 Å². The molecule has 0 bridgehead atoms. The van der Waals surface area contributed by atoms with Crippen molar-refractivity contribution in [3.05, 3.63) is 59.7 Å². The summed E-state index contributed by atoms with van der Waals surface area (Å²) in [5.74, 6) is -2.93. The molecule has 0 heterocycles. The molecule has 0 aromatic heterocycles. The van der Waals surface area contributed by atoms with Crippen molar-refractivity contribution >= 4 is 5.97 Å². The number of carboxylic acid groups (broad SMARTS) is 1. The van der Waals surface area contributed by atoms with E-state index in [2.05, 4.69) is 0 Å². The maximum Gasteiger partial charge on any atom is 0.310 e. The minimum atomic E-state index is -0.947. The Bertz CT molecular complexity index is 623. The van der Waals surface area contributed by atoms with E-state index in [1.165, 1.54) is 12.1 Å². The molecule has 98 valence electrons. The molecule has 0 aliphatic rings. The van der Waals surface area contributed by atoms with E-state index >= 15 is 0 Å². The smallest absolute Gasteiger partial charge is 0.310 e. The zero-order valence-corrected chi connectivity index (χ0v) is 10.2. The van der Waals surface area contributed by atoms with E-state index in [1.807, 2.05) is 0 Å². The molecule has 2 aromatic rings. The van der Waals surface area contributed by atoms with Crippen LogP contribution in [0.3, 0.4) is 0 Å². The van der Waals surface area contributed by atoms with E-state index in [-0.39, 0.29) is 5.56 Å². The molecule has 19 heavy (non-hydrogen) atoms. The Labute approximate surface area is 109 Å². The van der Waals surface area contributed by atoms with Crippen LogP contribution in [0.25, 0.3) is 11.1 Å². The summed E-state index contributed by atoms with van der Waals surface area (Å²) < 4.78 is 26.5. The number of carboxylic acids is 1. The van der Waals surface area contributed by atoms with Crippen LogP contribution in [-0.2, 0) is 4.79 Å². The summed E-state index contributed by atoms with van der Waals surface area (Å²) in [6, 6.07) is 9.92. The second-order valence-corrected chi connectivity index (χ2v) is 4.31. The first-order chi connectivity index (χ1) is 8.99. The number of aliphatic carboxylic acids is 1. The van der Waals surface area contributed by atoms with Gasteiger partial charge in [0.1, 0.15) is 11.6 Å². The fraction of sp³-hybridized carbons (Fsp3) is 0.133. The Morgan fingerprint density at radius 3 is 2.53 bits per heavy atom. The molecular formula is C15H12F2O2. The molecule has 0 saturated carbocycles. The molecule has 1 N–H and O–H groups in total. The van der Waals surface area contributed by atoms with E-state index in [1.54, 1.807) is 31.2 Å². The number of halogens is 2. The van der Waals surface area contributed by atoms with Crippen LogP contribution in [0.2, 0.25) is 0 Å². The fourth-order valence-corrected chi connectivity index (χ4v) is 1.84. The first kappa shape index (κ1) is 13.2. The van der Waals surface area contributed by atoms with Crippen molar-refractivity contribution in [3.63, 3.8) is 0 Å². The Morgan fingerprint density at radius 2 is 1.89 bits per heavy atom. The number of carbonyl (C=O) groups is 1. The highest BCUT2D eigenvalue weighted by Crippen LogP contribution is 2.26. The van der Waals surface area contributed by atoms with Gasteiger partial charge in [-0.1, -0.05) is 24.3 Å². The fourth-order valence-electron chi connectivity index (χ4n) is 1.84. The monoisotopic (exact) mass is 262 g/mol. The van der Waals surface area contributed by atoms with Crippen LogP contribution < -0.4 is 0 Å². The zero-order chi connectivity index (χ0) is 14.0. The first-order valence-corrected chi connectivity index (χ1v) is 5.77. The van der Waals surface area contributed by atoms with Gasteiger partial charge in [-0.25, -0.2) is 8.78 Å². The maximum atomic E-state index is 13.7. The van der Waals surface area contributed by atoms with Gasteiger partial charge in [-0.15, -0.1) is 0 Å². The average Bonchev–Trinajstić information content (AvgIpc) is 2.38. The Balaban J connectivity index is 2.46. The lowest BCUT2D eigenvalue weighted by atomic mass is 9.96. The van der Waals surface area contributed by atoms with Gasteiger partial charge in [0.05, 0.1) is 5.92 Å². The summed E-state index contributed by atoms with van der Waals surface area (Å²) in [7, 11) is 0. The number of hydrogen-bond acceptors (Lipinski definition) is 1. The van der Waals surface area contributed by atoms with E-state index in [0.717, 1.165) is 6.07 Å². The van der Waals surface area contributed by atoms with Crippen LogP contribution in [0, 0.1) is 11.6 Å². The summed E-state index contributed by atoms with van der Waals surface area (Å²) in [4.78, 5) is 10.9. The molecule has 0 fully saturated rings. The van der Waals surface area contributed by atoms with Crippen LogP contribution in [0.15, 0.2) is 42.5 Å². The third kappa shape index (κ3) is 2.78. The summed E-state index contributed by atoms with van der Waals surface area (Å²) >= 11 is 0. The van der Waals surface area contributed by atoms with Crippen LogP contribution in [0.4, 0.5) is 8.78 Å². The summed E-state index contributed by atoms with van der Waals surface area (Å²) in [5.41, 5.74) is 1.36. The summed E-state index contributed by atoms with van der Waals surface area (Å²) in [5, 5.41) is 8.96. The number of hydrogen-bond donors (Lipinski definition) is 1. The predicted octanol–water partition coefficient (Wildman–Crippen LogP) is 3.82. The minimum Gasteiger partial charge on any atom is -0.481 e. The Hall–Kier alpha value is -2.23. The van der Waals surface area contributed by atoms with Crippen molar-refractivity contribution in [2.75, 3.05) is 0 Å². The van der Waals surface area contributed by atoms with Gasteiger partial charge in [0.2, 0.25) is 0 Å². The Kier molecular flexibility index (Phi) is 3.60. The third-order valence-corrected chi connectivity index (χ3v) is 3.00. The van der Waals surface area contributed by atoms with Crippen molar-refractivity contribution < 1.29 is 18.7 Å². The topological polar surface area (TPSA) is 37.3 Å². The van der Waals surface area contributed by atoms with E-state index in [4.69, 9.17) is 5.11 Å². The molecule has 4 heteroatoms. The average molecular weight is 262 g/mol. The van der Waals surface area contributed by atoms with Gasteiger partial charge in [0.25, 0.3) is 0 Å². The Morgan fingerprint density at radius 1 is 1.16 bits per heavy atom. The van der Waals surface area contributed by atoms with Gasteiger partial charge in [0, 0.05) is 11.6 Å². The van der Waals surface area contributed by atoms with Crippen LogP contribution in [0.1, 0.15) is 18.4 Å². The quantitative estimate of drug-likeness (QED) is 0.913. The minimum absolute atomic E-state index is 0.251. The van der Waals surface area contributed by atoms with Crippen molar-refractivity contribution in [2.24, 2.45) is 0 Å². The molecule has 0 saturated heterocycles. The molecule has 2 nitrogen and oxygen atoms in total.